The van der Waals surface area contributed by atoms with Gasteiger partial charge in [0.2, 0.25) is 10.0 Å². The summed E-state index contributed by atoms with van der Waals surface area (Å²) in [6.07, 6.45) is 0. The minimum Gasteiger partial charge on any atom is -0.336 e. The van der Waals surface area contributed by atoms with Crippen LogP contribution < -0.4 is 0 Å². The molecule has 0 saturated carbocycles. The number of benzene rings is 2. The first-order chi connectivity index (χ1) is 11.9. The van der Waals surface area contributed by atoms with Gasteiger partial charge in [-0.3, -0.25) is 4.79 Å². The highest BCUT2D eigenvalue weighted by molar-refractivity contribution is 9.10. The molecule has 3 rings (SSSR count). The maximum Gasteiger partial charge on any atom is 0.253 e. The number of sulfonamides is 1. The summed E-state index contributed by atoms with van der Waals surface area (Å²) >= 11 is 3.16. The quantitative estimate of drug-likeness (QED) is 0.757. The van der Waals surface area contributed by atoms with Crippen molar-refractivity contribution in [3.63, 3.8) is 0 Å². The molecule has 0 N–H and O–H groups in total. The van der Waals surface area contributed by atoms with Crippen LogP contribution in [-0.4, -0.2) is 49.7 Å². The molecule has 1 heterocycles. The van der Waals surface area contributed by atoms with Gasteiger partial charge in [-0.1, -0.05) is 34.1 Å². The molecule has 0 aromatic heterocycles. The molecule has 2 aromatic carbocycles. The molecule has 0 bridgehead atoms. The number of piperazine rings is 1. The third-order valence-electron chi connectivity index (χ3n) is 4.06. The van der Waals surface area contributed by atoms with Crippen molar-refractivity contribution in [2.75, 3.05) is 26.2 Å². The summed E-state index contributed by atoms with van der Waals surface area (Å²) in [4.78, 5) is 13.7. The molecule has 25 heavy (non-hydrogen) atoms. The van der Waals surface area contributed by atoms with Gasteiger partial charge < -0.3 is 4.90 Å². The highest BCUT2D eigenvalue weighted by Gasteiger charge is 2.32. The van der Waals surface area contributed by atoms with E-state index < -0.39 is 15.8 Å². The van der Waals surface area contributed by atoms with Gasteiger partial charge in [0, 0.05) is 36.2 Å². The molecule has 2 aromatic rings. The van der Waals surface area contributed by atoms with Gasteiger partial charge in [-0.2, -0.15) is 4.31 Å². The molecule has 1 saturated heterocycles. The van der Waals surface area contributed by atoms with Crippen molar-refractivity contribution in [3.05, 3.63) is 64.4 Å². The minimum absolute atomic E-state index is 0.132. The van der Waals surface area contributed by atoms with Crippen LogP contribution in [0.15, 0.2) is 57.9 Å². The molecule has 0 unspecified atom stereocenters. The lowest BCUT2D eigenvalue weighted by Crippen LogP contribution is -2.50. The SMILES string of the molecule is O=C(c1ccccc1)N1CCN(S(=O)(=O)c2cc(Br)ccc2F)CC1. The molecule has 0 spiro atoms. The normalized spacial score (nSPS) is 16.0. The minimum atomic E-state index is -3.94. The van der Waals surface area contributed by atoms with E-state index >= 15 is 0 Å². The van der Waals surface area contributed by atoms with Crippen LogP contribution in [0.3, 0.4) is 0 Å². The van der Waals surface area contributed by atoms with Crippen LogP contribution in [0.25, 0.3) is 0 Å². The Labute approximate surface area is 154 Å². The summed E-state index contributed by atoms with van der Waals surface area (Å²) in [6, 6.07) is 12.7. The number of nitrogens with zero attached hydrogens (tertiary/aromatic N) is 2. The van der Waals surface area contributed by atoms with Gasteiger partial charge in [-0.25, -0.2) is 12.8 Å². The molecule has 8 heteroatoms. The molecule has 0 radical (unpaired) electrons. The highest BCUT2D eigenvalue weighted by Crippen LogP contribution is 2.24. The van der Waals surface area contributed by atoms with E-state index in [1.165, 1.54) is 16.4 Å². The van der Waals surface area contributed by atoms with Gasteiger partial charge in [0.25, 0.3) is 5.91 Å². The molecule has 0 atom stereocenters. The van der Waals surface area contributed by atoms with Gasteiger partial charge in [0.1, 0.15) is 10.7 Å². The van der Waals surface area contributed by atoms with E-state index in [0.717, 1.165) is 6.07 Å². The molecule has 1 amide bonds. The fourth-order valence-corrected chi connectivity index (χ4v) is 4.73. The van der Waals surface area contributed by atoms with Gasteiger partial charge in [-0.05, 0) is 30.3 Å². The standard InChI is InChI=1S/C17H16BrFN2O3S/c18-14-6-7-15(19)16(12-14)25(23,24)21-10-8-20(9-11-21)17(22)13-4-2-1-3-5-13/h1-7,12H,8-11H2. The smallest absolute Gasteiger partial charge is 0.253 e. The number of hydrogen-bond donors (Lipinski definition) is 0. The molecule has 1 aliphatic heterocycles. The molecule has 0 aliphatic carbocycles. The van der Waals surface area contributed by atoms with Crippen molar-refractivity contribution in [2.45, 2.75) is 4.90 Å². The summed E-state index contributed by atoms with van der Waals surface area (Å²) in [6.45, 7) is 0.797. The zero-order valence-corrected chi connectivity index (χ0v) is 15.6. The van der Waals surface area contributed by atoms with E-state index in [1.54, 1.807) is 29.2 Å². The summed E-state index contributed by atoms with van der Waals surface area (Å²) in [5.74, 6) is -0.919. The van der Waals surface area contributed by atoms with Crippen molar-refractivity contribution in [2.24, 2.45) is 0 Å². The van der Waals surface area contributed by atoms with Gasteiger partial charge in [0.15, 0.2) is 0 Å². The lowest BCUT2D eigenvalue weighted by molar-refractivity contribution is 0.0697. The zero-order chi connectivity index (χ0) is 18.0. The molecule has 132 valence electrons. The predicted molar refractivity (Wildman–Crippen MR) is 95.2 cm³/mol. The Morgan fingerprint density at radius 1 is 1.00 bits per heavy atom. The number of carbonyl (C=O) groups excluding carboxylic acids is 1. The van der Waals surface area contributed by atoms with Gasteiger partial charge >= 0.3 is 0 Å². The number of carbonyl (C=O) groups is 1. The molecular formula is C17H16BrFN2O3S. The Bertz CT molecular complexity index is 882. The Hall–Kier alpha value is -1.77. The fraction of sp³-hybridized carbons (Fsp3) is 0.235. The van der Waals surface area contributed by atoms with Crippen molar-refractivity contribution >= 4 is 31.9 Å². The summed E-state index contributed by atoms with van der Waals surface area (Å²) in [5, 5.41) is 0. The average molecular weight is 427 g/mol. The van der Waals surface area contributed by atoms with Gasteiger partial charge in [-0.15, -0.1) is 0 Å². The highest BCUT2D eigenvalue weighted by atomic mass is 79.9. The van der Waals surface area contributed by atoms with Crippen LogP contribution in [0.1, 0.15) is 10.4 Å². The van der Waals surface area contributed by atoms with Crippen LogP contribution in [0.5, 0.6) is 0 Å². The Kier molecular flexibility index (Phi) is 5.21. The largest absolute Gasteiger partial charge is 0.336 e. The first kappa shape index (κ1) is 18.0. The van der Waals surface area contributed by atoms with E-state index in [2.05, 4.69) is 15.9 Å². The number of rotatable bonds is 3. The average Bonchev–Trinajstić information content (AvgIpc) is 2.64. The predicted octanol–water partition coefficient (Wildman–Crippen LogP) is 2.73. The summed E-state index contributed by atoms with van der Waals surface area (Å²) in [5.41, 5.74) is 0.567. The van der Waals surface area contributed by atoms with Crippen LogP contribution in [0.4, 0.5) is 4.39 Å². The van der Waals surface area contributed by atoms with E-state index in [0.29, 0.717) is 10.0 Å². The van der Waals surface area contributed by atoms with E-state index in [4.69, 9.17) is 0 Å². The molecule has 1 aliphatic rings. The summed E-state index contributed by atoms with van der Waals surface area (Å²) < 4.78 is 41.0. The lowest BCUT2D eigenvalue weighted by Gasteiger charge is -2.34. The van der Waals surface area contributed by atoms with Crippen LogP contribution in [-0.2, 0) is 10.0 Å². The Balaban J connectivity index is 1.73. The second-order valence-electron chi connectivity index (χ2n) is 5.64. The maximum absolute atomic E-state index is 14.0. The van der Waals surface area contributed by atoms with Crippen molar-refractivity contribution in [1.29, 1.82) is 0 Å². The number of hydrogen-bond acceptors (Lipinski definition) is 3. The topological polar surface area (TPSA) is 57.7 Å². The first-order valence-corrected chi connectivity index (χ1v) is 9.92. The molecular weight excluding hydrogens is 411 g/mol. The Morgan fingerprint density at radius 3 is 2.28 bits per heavy atom. The number of halogens is 2. The van der Waals surface area contributed by atoms with Gasteiger partial charge in [0.05, 0.1) is 0 Å². The lowest BCUT2D eigenvalue weighted by atomic mass is 10.2. The Morgan fingerprint density at radius 2 is 1.64 bits per heavy atom. The van der Waals surface area contributed by atoms with Crippen LogP contribution >= 0.6 is 15.9 Å². The van der Waals surface area contributed by atoms with Crippen LogP contribution in [0.2, 0.25) is 0 Å². The van der Waals surface area contributed by atoms with Crippen molar-refractivity contribution in [1.82, 2.24) is 9.21 Å². The van der Waals surface area contributed by atoms with Crippen LogP contribution in [0, 0.1) is 5.82 Å². The van der Waals surface area contributed by atoms with E-state index in [-0.39, 0.29) is 37.0 Å². The number of amides is 1. The summed E-state index contributed by atoms with van der Waals surface area (Å²) in [7, 11) is -3.94. The van der Waals surface area contributed by atoms with Crippen molar-refractivity contribution in [3.8, 4) is 0 Å². The van der Waals surface area contributed by atoms with E-state index in [1.807, 2.05) is 6.07 Å². The molecule has 5 nitrogen and oxygen atoms in total. The first-order valence-electron chi connectivity index (χ1n) is 7.69. The zero-order valence-electron chi connectivity index (χ0n) is 13.2. The fourth-order valence-electron chi connectivity index (χ4n) is 2.71. The maximum atomic E-state index is 14.0. The molecule has 1 fully saturated rings. The van der Waals surface area contributed by atoms with Crippen molar-refractivity contribution < 1.29 is 17.6 Å². The monoisotopic (exact) mass is 426 g/mol. The second-order valence-corrected chi connectivity index (χ2v) is 8.46. The third kappa shape index (κ3) is 3.75. The van der Waals surface area contributed by atoms with E-state index in [9.17, 15) is 17.6 Å². The second kappa shape index (κ2) is 7.23. The third-order valence-corrected chi connectivity index (χ3v) is 6.46.